The second-order valence-corrected chi connectivity index (χ2v) is 16.8. The molecule has 0 aromatic heterocycles. The number of carboxylic acids is 2. The molecule has 1 heterocycles. The lowest BCUT2D eigenvalue weighted by Gasteiger charge is -2.30. The van der Waals surface area contributed by atoms with Crippen molar-refractivity contribution in [2.75, 3.05) is 19.7 Å². The van der Waals surface area contributed by atoms with Gasteiger partial charge in [0.2, 0.25) is 53.2 Å². The molecular formula is C40H69N13O16. The largest absolute Gasteiger partial charge is 0.481 e. The number of aliphatic hydroxyl groups is 3. The molecular weight excluding hydrogens is 919 g/mol. The van der Waals surface area contributed by atoms with Gasteiger partial charge in [0.05, 0.1) is 24.9 Å². The molecule has 1 saturated heterocycles. The van der Waals surface area contributed by atoms with Crippen molar-refractivity contribution < 1.29 is 78.3 Å². The molecule has 11 atom stereocenters. The standard InChI is InChI=1S/C40H69N13O16/c1-17(2)28(42)35(64)52-29(19(4)55)36(65)46-18(3)31(60)47-22(11-13-27(58)59)32(61)50-24(16-54)34(63)48-21(8-6-14-45-40(43)44)33(62)51-30(20(5)56)37(66)49-23(10-12-26(41)57)38(67)53-15-7-9-25(53)39(68)69/h17-25,28-30,54-56H,6-16,42H2,1-5H3,(H2,41,57)(H,46,65)(H,47,60)(H,48,63)(H,49,66)(H,50,61)(H,51,62)(H,52,64)(H,58,59)(H,68,69)(H4,43,44,45)/t18-,19+,20+,21-,22-,23-,24-,25-,28-,29-,30-/m0/s1. The van der Waals surface area contributed by atoms with Crippen molar-refractivity contribution in [3.05, 3.63) is 0 Å². The summed E-state index contributed by atoms with van der Waals surface area (Å²) in [5.74, 6) is -12.8. The van der Waals surface area contributed by atoms with Crippen molar-refractivity contribution in [1.29, 1.82) is 5.41 Å². The Labute approximate surface area is 397 Å². The van der Waals surface area contributed by atoms with Crippen LogP contribution in [0.4, 0.5) is 0 Å². The molecule has 0 saturated carbocycles. The Morgan fingerprint density at radius 1 is 0.638 bits per heavy atom. The third-order valence-electron chi connectivity index (χ3n) is 10.7. The van der Waals surface area contributed by atoms with E-state index in [-0.39, 0.29) is 44.7 Å². The minimum atomic E-state index is -1.90. The number of nitrogens with two attached hydrogens (primary N) is 3. The van der Waals surface area contributed by atoms with E-state index in [1.54, 1.807) is 13.8 Å². The summed E-state index contributed by atoms with van der Waals surface area (Å²) in [6.07, 6.45) is -5.10. The number of aliphatic carboxylic acids is 2. The quantitative estimate of drug-likeness (QED) is 0.0181. The number of nitrogens with zero attached hydrogens (tertiary/aromatic N) is 1. The van der Waals surface area contributed by atoms with Crippen LogP contribution in [0.25, 0.3) is 0 Å². The number of carbonyl (C=O) groups is 11. The van der Waals surface area contributed by atoms with Gasteiger partial charge in [0, 0.05) is 25.9 Å². The van der Waals surface area contributed by atoms with Gasteiger partial charge in [-0.2, -0.15) is 0 Å². The van der Waals surface area contributed by atoms with E-state index < -0.39 is 164 Å². The number of aliphatic hydroxyl groups excluding tert-OH is 3. The predicted octanol–water partition coefficient (Wildman–Crippen LogP) is -7.39. The van der Waals surface area contributed by atoms with E-state index >= 15 is 0 Å². The summed E-state index contributed by atoms with van der Waals surface area (Å²) in [5.41, 5.74) is 16.4. The smallest absolute Gasteiger partial charge is 0.326 e. The Bertz CT molecular complexity index is 1870. The van der Waals surface area contributed by atoms with Crippen LogP contribution >= 0.6 is 0 Å². The van der Waals surface area contributed by atoms with Crippen LogP contribution in [0.5, 0.6) is 0 Å². The molecule has 29 heteroatoms. The molecule has 0 aromatic rings. The molecule has 1 aliphatic heterocycles. The van der Waals surface area contributed by atoms with Gasteiger partial charge in [-0.3, -0.25) is 53.4 Å². The van der Waals surface area contributed by atoms with Gasteiger partial charge in [-0.05, 0) is 65.2 Å². The maximum atomic E-state index is 13.8. The van der Waals surface area contributed by atoms with Crippen LogP contribution in [0, 0.1) is 11.3 Å². The van der Waals surface area contributed by atoms with Crippen molar-refractivity contribution >= 4 is 71.1 Å². The summed E-state index contributed by atoms with van der Waals surface area (Å²) < 4.78 is 0. The second kappa shape index (κ2) is 29.2. The monoisotopic (exact) mass is 987 g/mol. The summed E-state index contributed by atoms with van der Waals surface area (Å²) >= 11 is 0. The van der Waals surface area contributed by atoms with E-state index in [1.807, 2.05) is 0 Å². The molecule has 1 rings (SSSR count). The number of carbonyl (C=O) groups excluding carboxylic acids is 9. The normalized spacial score (nSPS) is 17.7. The van der Waals surface area contributed by atoms with Gasteiger partial charge < -0.3 is 90.2 Å². The Balaban J connectivity index is 3.32. The first-order chi connectivity index (χ1) is 32.1. The van der Waals surface area contributed by atoms with Crippen molar-refractivity contribution in [3.8, 4) is 0 Å². The summed E-state index contributed by atoms with van der Waals surface area (Å²) in [5, 5.41) is 75.7. The van der Waals surface area contributed by atoms with Crippen LogP contribution in [-0.4, -0.2) is 188 Å². The number of guanidine groups is 1. The van der Waals surface area contributed by atoms with E-state index in [2.05, 4.69) is 42.5 Å². The minimum Gasteiger partial charge on any atom is -0.481 e. The maximum Gasteiger partial charge on any atom is 0.326 e. The first-order valence-electron chi connectivity index (χ1n) is 22.1. The van der Waals surface area contributed by atoms with Crippen LogP contribution in [0.3, 0.4) is 0 Å². The first-order valence-corrected chi connectivity index (χ1v) is 22.1. The molecule has 0 aliphatic carbocycles. The first kappa shape index (κ1) is 60.3. The van der Waals surface area contributed by atoms with Crippen molar-refractivity contribution in [2.45, 2.75) is 153 Å². The average molecular weight is 988 g/mol. The molecule has 0 unspecified atom stereocenters. The zero-order valence-electron chi connectivity index (χ0n) is 39.1. The molecule has 0 bridgehead atoms. The van der Waals surface area contributed by atoms with Crippen LogP contribution in [-0.2, 0) is 52.7 Å². The van der Waals surface area contributed by atoms with E-state index in [9.17, 15) is 78.3 Å². The van der Waals surface area contributed by atoms with E-state index in [1.165, 1.54) is 13.8 Å². The molecule has 0 aromatic carbocycles. The van der Waals surface area contributed by atoms with Crippen molar-refractivity contribution in [1.82, 2.24) is 47.4 Å². The molecule has 390 valence electrons. The highest BCUT2D eigenvalue weighted by molar-refractivity contribution is 5.98. The number of amides is 9. The van der Waals surface area contributed by atoms with Gasteiger partial charge in [0.15, 0.2) is 5.96 Å². The number of hydrogen-bond donors (Lipinski definition) is 17. The Morgan fingerprint density at radius 2 is 1.12 bits per heavy atom. The predicted molar refractivity (Wildman–Crippen MR) is 239 cm³/mol. The molecule has 1 aliphatic rings. The van der Waals surface area contributed by atoms with E-state index in [4.69, 9.17) is 22.6 Å². The van der Waals surface area contributed by atoms with Crippen molar-refractivity contribution in [2.24, 2.45) is 23.1 Å². The molecule has 9 amide bonds. The van der Waals surface area contributed by atoms with E-state index in [0.717, 1.165) is 11.8 Å². The highest BCUT2D eigenvalue weighted by atomic mass is 16.4. The van der Waals surface area contributed by atoms with E-state index in [0.29, 0.717) is 6.42 Å². The summed E-state index contributed by atoms with van der Waals surface area (Å²) in [6.45, 7) is 5.59. The Kier molecular flexibility index (Phi) is 25.5. The SMILES string of the molecule is CC(C)[C@H](N)C(=O)N[C@H](C(=O)N[C@@H](C)C(=O)N[C@@H](CCC(=O)O)C(=O)N[C@@H](CO)C(=O)N[C@@H](CCCNC(=N)N)C(=O)N[C@H](C(=O)N[C@@H](CCC(N)=O)C(=O)N1CCC[C@H]1C(=O)O)[C@@H](C)O)[C@@H](C)O. The number of nitrogens with one attached hydrogen (secondary N) is 9. The lowest BCUT2D eigenvalue weighted by Crippen LogP contribution is -2.62. The Morgan fingerprint density at radius 3 is 1.62 bits per heavy atom. The van der Waals surface area contributed by atoms with Gasteiger partial charge in [0.25, 0.3) is 0 Å². The third-order valence-corrected chi connectivity index (χ3v) is 10.7. The molecule has 29 nitrogen and oxygen atoms in total. The van der Waals surface area contributed by atoms with Crippen molar-refractivity contribution in [3.63, 3.8) is 0 Å². The van der Waals surface area contributed by atoms with Crippen LogP contribution in [0.15, 0.2) is 0 Å². The number of primary amides is 1. The number of carboxylic acid groups (broad SMARTS) is 2. The maximum absolute atomic E-state index is 13.8. The molecule has 20 N–H and O–H groups in total. The Hall–Kier alpha value is -6.72. The van der Waals surface area contributed by atoms with Crippen LogP contribution < -0.4 is 59.7 Å². The molecule has 1 fully saturated rings. The zero-order valence-corrected chi connectivity index (χ0v) is 39.1. The molecule has 0 radical (unpaired) electrons. The zero-order chi connectivity index (χ0) is 52.9. The van der Waals surface area contributed by atoms with Crippen LogP contribution in [0.2, 0.25) is 0 Å². The highest BCUT2D eigenvalue weighted by Crippen LogP contribution is 2.20. The minimum absolute atomic E-state index is 0.00224. The van der Waals surface area contributed by atoms with Gasteiger partial charge in [-0.15, -0.1) is 0 Å². The fourth-order valence-corrected chi connectivity index (χ4v) is 6.65. The summed E-state index contributed by atoms with van der Waals surface area (Å²) in [4.78, 5) is 143. The highest BCUT2D eigenvalue weighted by Gasteiger charge is 2.40. The van der Waals surface area contributed by atoms with Gasteiger partial charge in [-0.25, -0.2) is 4.79 Å². The number of hydrogen-bond acceptors (Lipinski definition) is 16. The number of likely N-dealkylation sites (tertiary alicyclic amines) is 1. The fourth-order valence-electron chi connectivity index (χ4n) is 6.65. The lowest BCUT2D eigenvalue weighted by atomic mass is 10.0. The lowest BCUT2D eigenvalue weighted by molar-refractivity contribution is -0.149. The summed E-state index contributed by atoms with van der Waals surface area (Å²) in [7, 11) is 0. The van der Waals surface area contributed by atoms with Gasteiger partial charge in [0.1, 0.15) is 48.3 Å². The summed E-state index contributed by atoms with van der Waals surface area (Å²) in [6, 6.07) is -14.0. The average Bonchev–Trinajstić information content (AvgIpc) is 3.77. The fraction of sp³-hybridized carbons (Fsp3) is 0.700. The van der Waals surface area contributed by atoms with Gasteiger partial charge in [-0.1, -0.05) is 13.8 Å². The number of rotatable bonds is 30. The van der Waals surface area contributed by atoms with Gasteiger partial charge >= 0.3 is 11.9 Å². The molecule has 69 heavy (non-hydrogen) atoms. The second-order valence-electron chi connectivity index (χ2n) is 16.8. The molecule has 0 spiro atoms. The third kappa shape index (κ3) is 20.6. The topological polar surface area (TPSA) is 490 Å². The van der Waals surface area contributed by atoms with Crippen LogP contribution in [0.1, 0.15) is 86.0 Å².